The molecule has 0 saturated heterocycles. The molecule has 0 N–H and O–H groups in total. The van der Waals surface area contributed by atoms with Gasteiger partial charge in [0.1, 0.15) is 11.4 Å². The van der Waals surface area contributed by atoms with E-state index in [1.807, 2.05) is 18.2 Å². The number of thioether (sulfide) groups is 1. The molecule has 2 aliphatic rings. The summed E-state index contributed by atoms with van der Waals surface area (Å²) in [6.07, 6.45) is 1.56. The maximum atomic E-state index is 14.5. The number of aromatic nitrogens is 2. The molecule has 1 unspecified atom stereocenters. The van der Waals surface area contributed by atoms with Crippen molar-refractivity contribution in [3.05, 3.63) is 123 Å². The van der Waals surface area contributed by atoms with Gasteiger partial charge in [-0.25, -0.2) is 4.39 Å². The first-order valence-electron chi connectivity index (χ1n) is 12.7. The Labute approximate surface area is 251 Å². The van der Waals surface area contributed by atoms with E-state index in [-0.39, 0.29) is 34.0 Å². The van der Waals surface area contributed by atoms with E-state index < -0.39 is 28.6 Å². The van der Waals surface area contributed by atoms with Crippen LogP contribution in [0.5, 0.6) is 0 Å². The van der Waals surface area contributed by atoms with E-state index in [4.69, 9.17) is 16.0 Å². The summed E-state index contributed by atoms with van der Waals surface area (Å²) >= 11 is 8.79. The Balaban J connectivity index is 1.44. The van der Waals surface area contributed by atoms with Gasteiger partial charge in [0.25, 0.3) is 11.8 Å². The van der Waals surface area contributed by atoms with Crippen LogP contribution >= 0.6 is 34.7 Å². The fourth-order valence-electron chi connectivity index (χ4n) is 5.55. The first-order chi connectivity index (χ1) is 20.4. The number of nitrogens with zero attached hydrogens (tertiary/aromatic N) is 4. The Morgan fingerprint density at radius 3 is 2.67 bits per heavy atom. The molecule has 1 spiro atoms. The lowest BCUT2D eigenvalue weighted by Gasteiger charge is -2.31. The van der Waals surface area contributed by atoms with Crippen LogP contribution in [0.4, 0.5) is 15.2 Å². The lowest BCUT2D eigenvalue weighted by Crippen LogP contribution is -2.53. The van der Waals surface area contributed by atoms with Gasteiger partial charge in [0.2, 0.25) is 10.9 Å². The Morgan fingerprint density at radius 2 is 1.86 bits per heavy atom. The van der Waals surface area contributed by atoms with Crippen molar-refractivity contribution in [3.8, 4) is 0 Å². The summed E-state index contributed by atoms with van der Waals surface area (Å²) in [6.45, 7) is 3.90. The maximum Gasteiger partial charge on any atom is 0.297 e. The van der Waals surface area contributed by atoms with Crippen LogP contribution in [-0.2, 0) is 16.1 Å². The molecule has 0 aliphatic carbocycles. The number of hydrogen-bond donors (Lipinski definition) is 0. The van der Waals surface area contributed by atoms with Crippen molar-refractivity contribution in [1.82, 2.24) is 10.2 Å². The van der Waals surface area contributed by atoms with E-state index >= 15 is 0 Å². The number of rotatable bonds is 6. The van der Waals surface area contributed by atoms with Crippen LogP contribution in [0.15, 0.2) is 92.9 Å². The number of amides is 2. The van der Waals surface area contributed by atoms with Crippen molar-refractivity contribution in [3.63, 3.8) is 0 Å². The molecule has 4 heterocycles. The van der Waals surface area contributed by atoms with Crippen LogP contribution in [0.1, 0.15) is 27.2 Å². The number of carbonyl (C=O) groups is 2. The number of fused-ring (bicyclic) bond motifs is 5. The van der Waals surface area contributed by atoms with E-state index in [1.165, 1.54) is 27.6 Å². The standard InChI is InChI=1S/C30H18ClFN4O4S2/c1-2-13-35-21-10-6-4-8-19(21)30(27(35)39)23-24(37)18-14-17(32)11-12-22(18)40-25(23)26(38)36(30)28-33-34-29(42-28)41-15-16-7-3-5-9-20(16)31/h2-12,14H,1,13,15H2. The van der Waals surface area contributed by atoms with Gasteiger partial charge in [-0.15, -0.1) is 16.8 Å². The normalized spacial score (nSPS) is 17.4. The van der Waals surface area contributed by atoms with Crippen molar-refractivity contribution < 1.29 is 18.4 Å². The van der Waals surface area contributed by atoms with Crippen molar-refractivity contribution in [1.29, 1.82) is 0 Å². The van der Waals surface area contributed by atoms with Gasteiger partial charge < -0.3 is 9.32 Å². The number of para-hydroxylation sites is 1. The molecule has 5 aromatic rings. The zero-order valence-electron chi connectivity index (χ0n) is 21.5. The Morgan fingerprint density at radius 1 is 1.07 bits per heavy atom. The zero-order chi connectivity index (χ0) is 29.2. The molecule has 0 radical (unpaired) electrons. The highest BCUT2D eigenvalue weighted by Crippen LogP contribution is 2.54. The van der Waals surface area contributed by atoms with E-state index in [9.17, 15) is 18.8 Å². The molecule has 8 nitrogen and oxygen atoms in total. The minimum absolute atomic E-state index is 0.0282. The number of benzene rings is 3. The molecule has 3 aromatic carbocycles. The molecule has 42 heavy (non-hydrogen) atoms. The third kappa shape index (κ3) is 3.70. The highest BCUT2D eigenvalue weighted by molar-refractivity contribution is 8.00. The van der Waals surface area contributed by atoms with Crippen LogP contribution in [0.3, 0.4) is 0 Å². The summed E-state index contributed by atoms with van der Waals surface area (Å²) in [4.78, 5) is 45.5. The first-order valence-corrected chi connectivity index (χ1v) is 14.9. The third-order valence-electron chi connectivity index (χ3n) is 7.29. The van der Waals surface area contributed by atoms with Gasteiger partial charge >= 0.3 is 0 Å². The van der Waals surface area contributed by atoms with Crippen molar-refractivity contribution in [2.45, 2.75) is 15.6 Å². The molecule has 0 fully saturated rings. The smallest absolute Gasteiger partial charge is 0.297 e. The summed E-state index contributed by atoms with van der Waals surface area (Å²) in [5.41, 5.74) is -0.983. The average molecular weight is 617 g/mol. The molecule has 1 atom stereocenters. The molecule has 0 saturated carbocycles. The molecule has 2 aromatic heterocycles. The van der Waals surface area contributed by atoms with Crippen LogP contribution in [0.2, 0.25) is 5.02 Å². The Bertz CT molecular complexity index is 2030. The highest BCUT2D eigenvalue weighted by atomic mass is 35.5. The van der Waals surface area contributed by atoms with Gasteiger partial charge in [-0.2, -0.15) is 0 Å². The molecular weight excluding hydrogens is 599 g/mol. The molecule has 12 heteroatoms. The Kier molecular flexibility index (Phi) is 6.26. The van der Waals surface area contributed by atoms with Crippen LogP contribution < -0.4 is 15.2 Å². The van der Waals surface area contributed by atoms with Gasteiger partial charge in [0.15, 0.2) is 15.3 Å². The number of carbonyl (C=O) groups excluding carboxylic acids is 2. The fraction of sp³-hybridized carbons (Fsp3) is 0.100. The van der Waals surface area contributed by atoms with E-state index in [1.54, 1.807) is 36.4 Å². The van der Waals surface area contributed by atoms with E-state index in [0.29, 0.717) is 26.4 Å². The number of hydrogen-bond acceptors (Lipinski definition) is 8. The van der Waals surface area contributed by atoms with Gasteiger partial charge in [-0.05, 0) is 35.9 Å². The van der Waals surface area contributed by atoms with Gasteiger partial charge in [-0.3, -0.25) is 19.3 Å². The summed E-state index contributed by atoms with van der Waals surface area (Å²) < 4.78 is 20.8. The molecule has 2 amide bonds. The molecule has 2 aliphatic heterocycles. The second-order valence-electron chi connectivity index (χ2n) is 9.58. The monoisotopic (exact) mass is 616 g/mol. The van der Waals surface area contributed by atoms with Crippen LogP contribution in [0, 0.1) is 5.82 Å². The predicted molar refractivity (Wildman–Crippen MR) is 160 cm³/mol. The molecular formula is C30H18ClFN4O4S2. The second-order valence-corrected chi connectivity index (χ2v) is 12.2. The maximum absolute atomic E-state index is 14.5. The van der Waals surface area contributed by atoms with E-state index in [2.05, 4.69) is 16.8 Å². The predicted octanol–water partition coefficient (Wildman–Crippen LogP) is 6.17. The molecule has 7 rings (SSSR count). The highest BCUT2D eigenvalue weighted by Gasteiger charge is 2.66. The second kappa shape index (κ2) is 9.90. The Hall–Kier alpha value is -4.32. The van der Waals surface area contributed by atoms with Crippen LogP contribution in [0.25, 0.3) is 11.0 Å². The molecule has 0 bridgehead atoms. The van der Waals surface area contributed by atoms with Gasteiger partial charge in [0.05, 0.1) is 16.6 Å². The topological polar surface area (TPSA) is 96.6 Å². The van der Waals surface area contributed by atoms with Crippen molar-refractivity contribution in [2.75, 3.05) is 16.3 Å². The SMILES string of the molecule is C=CCN1C(=O)C2(c3ccccc31)c1c(oc3ccc(F)cc3c1=O)C(=O)N2c1nnc(SCc2ccccc2Cl)s1. The summed E-state index contributed by atoms with van der Waals surface area (Å²) in [7, 11) is 0. The van der Waals surface area contributed by atoms with Crippen molar-refractivity contribution >= 4 is 68.3 Å². The first kappa shape index (κ1) is 26.6. The lowest BCUT2D eigenvalue weighted by atomic mass is 9.84. The number of anilines is 2. The third-order valence-corrected chi connectivity index (χ3v) is 9.75. The summed E-state index contributed by atoms with van der Waals surface area (Å²) in [5, 5.41) is 9.22. The lowest BCUT2D eigenvalue weighted by molar-refractivity contribution is -0.121. The van der Waals surface area contributed by atoms with Crippen molar-refractivity contribution in [2.24, 2.45) is 0 Å². The summed E-state index contributed by atoms with van der Waals surface area (Å²) in [5.74, 6) is -1.74. The minimum atomic E-state index is -1.95. The average Bonchev–Trinajstić information content (AvgIpc) is 3.63. The minimum Gasteiger partial charge on any atom is -0.450 e. The largest absolute Gasteiger partial charge is 0.450 e. The van der Waals surface area contributed by atoms with Crippen LogP contribution in [-0.4, -0.2) is 28.6 Å². The number of halogens is 2. The zero-order valence-corrected chi connectivity index (χ0v) is 23.9. The van der Waals surface area contributed by atoms with Gasteiger partial charge in [0, 0.05) is 22.9 Å². The summed E-state index contributed by atoms with van der Waals surface area (Å²) in [6, 6.07) is 17.8. The van der Waals surface area contributed by atoms with E-state index in [0.717, 1.165) is 29.0 Å². The van der Waals surface area contributed by atoms with Gasteiger partial charge in [-0.1, -0.05) is 77.2 Å². The molecule has 208 valence electrons. The fourth-order valence-corrected chi connectivity index (χ4v) is 7.73. The quantitative estimate of drug-likeness (QED) is 0.128.